The minimum absolute atomic E-state index is 0.684. The molecule has 0 aliphatic carbocycles. The van der Waals surface area contributed by atoms with Gasteiger partial charge in [-0.3, -0.25) is 14.7 Å². The number of hydrogen-bond donors (Lipinski definition) is 6. The number of hydrogen-bond acceptors (Lipinski definition) is 10. The molecule has 0 aliphatic rings. The van der Waals surface area contributed by atoms with Crippen molar-refractivity contribution in [1.82, 2.24) is 35.6 Å². The molecular formula is C25H62N10. The fourth-order valence-electron chi connectivity index (χ4n) is 4.14. The smallest absolute Gasteiger partial charge is 0.0110 e. The summed E-state index contributed by atoms with van der Waals surface area (Å²) < 4.78 is 0. The Hall–Kier alpha value is -0.400. The van der Waals surface area contributed by atoms with Gasteiger partial charge in [-0.1, -0.05) is 13.8 Å². The van der Waals surface area contributed by atoms with Gasteiger partial charge in [0, 0.05) is 118 Å². The monoisotopic (exact) mass is 503 g/mol. The summed E-state index contributed by atoms with van der Waals surface area (Å²) in [4.78, 5) is 10.2. The summed E-state index contributed by atoms with van der Waals surface area (Å²) in [5, 5.41) is 10.3. The minimum Gasteiger partial charge on any atom is -0.329 e. The molecule has 0 radical (unpaired) electrons. The van der Waals surface area contributed by atoms with Gasteiger partial charge >= 0.3 is 0 Å². The maximum atomic E-state index is 5.90. The van der Waals surface area contributed by atoms with Crippen molar-refractivity contribution < 1.29 is 0 Å². The number of nitrogens with one attached hydrogen (secondary N) is 3. The minimum atomic E-state index is 0.684. The van der Waals surface area contributed by atoms with Crippen LogP contribution in [0.4, 0.5) is 0 Å². The quantitative estimate of drug-likeness (QED) is 0.0689. The second-order valence-electron chi connectivity index (χ2n) is 9.34. The van der Waals surface area contributed by atoms with Crippen LogP contribution >= 0.6 is 0 Å². The molecule has 0 aromatic carbocycles. The van der Waals surface area contributed by atoms with E-state index in [0.717, 1.165) is 118 Å². The Bertz CT molecular complexity index is 410. The first-order valence-electron chi connectivity index (χ1n) is 14.2. The molecule has 0 saturated carbocycles. The van der Waals surface area contributed by atoms with Crippen LogP contribution in [-0.4, -0.2) is 158 Å². The Morgan fingerprint density at radius 1 is 0.429 bits per heavy atom. The van der Waals surface area contributed by atoms with E-state index in [1.807, 2.05) is 7.05 Å². The third-order valence-corrected chi connectivity index (χ3v) is 6.26. The summed E-state index contributed by atoms with van der Waals surface area (Å²) >= 11 is 0. The van der Waals surface area contributed by atoms with Gasteiger partial charge in [0.05, 0.1) is 0 Å². The molecule has 0 aromatic rings. The molecular weight excluding hydrogens is 440 g/mol. The number of nitrogens with two attached hydrogens (primary N) is 3. The highest BCUT2D eigenvalue weighted by molar-refractivity contribution is 4.71. The maximum Gasteiger partial charge on any atom is 0.0110 e. The van der Waals surface area contributed by atoms with Gasteiger partial charge in [0.1, 0.15) is 0 Å². The average Bonchev–Trinajstić information content (AvgIpc) is 2.86. The van der Waals surface area contributed by atoms with Crippen LogP contribution in [-0.2, 0) is 0 Å². The van der Waals surface area contributed by atoms with Crippen LogP contribution < -0.4 is 33.2 Å². The van der Waals surface area contributed by atoms with Crippen molar-refractivity contribution in [1.29, 1.82) is 0 Å². The van der Waals surface area contributed by atoms with Crippen LogP contribution in [0.2, 0.25) is 0 Å². The topological polar surface area (TPSA) is 127 Å². The molecule has 0 unspecified atom stereocenters. The molecule has 0 spiro atoms. The largest absolute Gasteiger partial charge is 0.329 e. The van der Waals surface area contributed by atoms with Crippen LogP contribution in [0.5, 0.6) is 0 Å². The van der Waals surface area contributed by atoms with Gasteiger partial charge in [-0.15, -0.1) is 0 Å². The zero-order valence-electron chi connectivity index (χ0n) is 23.6. The Kier molecular flexibility index (Phi) is 26.4. The summed E-state index contributed by atoms with van der Waals surface area (Å²) in [6, 6.07) is 0. The van der Waals surface area contributed by atoms with E-state index in [9.17, 15) is 0 Å². The first-order chi connectivity index (χ1) is 17.1. The molecule has 35 heavy (non-hydrogen) atoms. The molecule has 0 fully saturated rings. The second kappa shape index (κ2) is 26.7. The molecule has 0 rings (SSSR count). The van der Waals surface area contributed by atoms with Crippen molar-refractivity contribution in [2.75, 3.05) is 138 Å². The Morgan fingerprint density at radius 2 is 0.857 bits per heavy atom. The lowest BCUT2D eigenvalue weighted by atomic mass is 10.3. The molecule has 10 heteroatoms. The Balaban J connectivity index is 4.85. The number of nitrogens with zero attached hydrogens (tertiary/aromatic N) is 4. The van der Waals surface area contributed by atoms with Gasteiger partial charge in [0.25, 0.3) is 0 Å². The van der Waals surface area contributed by atoms with E-state index in [4.69, 9.17) is 17.2 Å². The van der Waals surface area contributed by atoms with Crippen molar-refractivity contribution in [2.45, 2.75) is 26.7 Å². The molecule has 0 aliphatic heterocycles. The zero-order chi connectivity index (χ0) is 26.0. The van der Waals surface area contributed by atoms with Crippen LogP contribution in [0.1, 0.15) is 26.7 Å². The fourth-order valence-corrected chi connectivity index (χ4v) is 4.14. The number of likely N-dealkylation sites (N-methyl/N-ethyl adjacent to an activating group) is 1. The van der Waals surface area contributed by atoms with Crippen LogP contribution in [0.25, 0.3) is 0 Å². The van der Waals surface area contributed by atoms with E-state index < -0.39 is 0 Å². The van der Waals surface area contributed by atoms with Gasteiger partial charge in [0.2, 0.25) is 0 Å². The second-order valence-corrected chi connectivity index (χ2v) is 9.34. The van der Waals surface area contributed by atoms with E-state index in [-0.39, 0.29) is 0 Å². The van der Waals surface area contributed by atoms with Gasteiger partial charge < -0.3 is 38.1 Å². The lowest BCUT2D eigenvalue weighted by Gasteiger charge is -2.31. The lowest BCUT2D eigenvalue weighted by Crippen LogP contribution is -2.46. The molecule has 0 bridgehead atoms. The summed E-state index contributed by atoms with van der Waals surface area (Å²) in [7, 11) is 2.03. The van der Waals surface area contributed by atoms with Crippen LogP contribution in [0, 0.1) is 0 Å². The van der Waals surface area contributed by atoms with E-state index in [1.165, 1.54) is 12.8 Å². The highest BCUT2D eigenvalue weighted by Gasteiger charge is 2.13. The molecule has 0 aromatic heterocycles. The van der Waals surface area contributed by atoms with E-state index >= 15 is 0 Å². The summed E-state index contributed by atoms with van der Waals surface area (Å²) in [6.07, 6.45) is 2.35. The standard InChI is InChI=1S/C25H62N10/c1-4-9-30-12-18-33(16-8-28)21-23-35(19-13-31-10-6-26)25-24-34(17-11-29-3)22-20-32(14-5-2)15-7-27/h29-31H,4-28H2,1-3H3. The molecule has 0 heterocycles. The predicted octanol–water partition coefficient (Wildman–Crippen LogP) is -1.71. The van der Waals surface area contributed by atoms with E-state index in [2.05, 4.69) is 49.4 Å². The van der Waals surface area contributed by atoms with Gasteiger partial charge in [0.15, 0.2) is 0 Å². The molecule has 10 nitrogen and oxygen atoms in total. The highest BCUT2D eigenvalue weighted by Crippen LogP contribution is 1.98. The Labute approximate surface area is 217 Å². The summed E-state index contributed by atoms with van der Waals surface area (Å²) in [5.41, 5.74) is 17.4. The molecule has 0 amide bonds. The average molecular weight is 503 g/mol. The molecule has 212 valence electrons. The molecule has 9 N–H and O–H groups in total. The van der Waals surface area contributed by atoms with E-state index in [0.29, 0.717) is 13.1 Å². The van der Waals surface area contributed by atoms with Crippen molar-refractivity contribution in [3.63, 3.8) is 0 Å². The normalized spacial score (nSPS) is 12.2. The maximum absolute atomic E-state index is 5.90. The van der Waals surface area contributed by atoms with Gasteiger partial charge in [-0.25, -0.2) is 0 Å². The Morgan fingerprint density at radius 3 is 1.26 bits per heavy atom. The fraction of sp³-hybridized carbons (Fsp3) is 1.00. The summed E-state index contributed by atoms with van der Waals surface area (Å²) in [5.74, 6) is 0. The van der Waals surface area contributed by atoms with Crippen LogP contribution in [0.15, 0.2) is 0 Å². The number of rotatable bonds is 28. The molecule has 0 saturated heterocycles. The van der Waals surface area contributed by atoms with Gasteiger partial charge in [-0.05, 0) is 33.0 Å². The third kappa shape index (κ3) is 21.4. The van der Waals surface area contributed by atoms with Crippen molar-refractivity contribution in [3.05, 3.63) is 0 Å². The first kappa shape index (κ1) is 34.6. The zero-order valence-corrected chi connectivity index (χ0v) is 23.6. The summed E-state index contributed by atoms with van der Waals surface area (Å²) in [6.45, 7) is 24.2. The molecule has 0 atom stereocenters. The SMILES string of the molecule is CCCNCCN(CCN)CCN(CCNCCN)CCN(CCNC)CCN(CCC)CCN. The van der Waals surface area contributed by atoms with Gasteiger partial charge in [-0.2, -0.15) is 0 Å². The van der Waals surface area contributed by atoms with E-state index in [1.54, 1.807) is 0 Å². The van der Waals surface area contributed by atoms with Crippen molar-refractivity contribution in [3.8, 4) is 0 Å². The highest BCUT2D eigenvalue weighted by atomic mass is 15.2. The van der Waals surface area contributed by atoms with Crippen LogP contribution in [0.3, 0.4) is 0 Å². The predicted molar refractivity (Wildman–Crippen MR) is 153 cm³/mol. The van der Waals surface area contributed by atoms with Crippen molar-refractivity contribution >= 4 is 0 Å². The third-order valence-electron chi connectivity index (χ3n) is 6.26. The van der Waals surface area contributed by atoms with Crippen molar-refractivity contribution in [2.24, 2.45) is 17.2 Å². The first-order valence-corrected chi connectivity index (χ1v) is 14.2. The lowest BCUT2D eigenvalue weighted by molar-refractivity contribution is 0.163.